The van der Waals surface area contributed by atoms with Crippen LogP contribution in [0, 0.1) is 0 Å². The monoisotopic (exact) mass is 520 g/mol. The molecule has 35 heavy (non-hydrogen) atoms. The van der Waals surface area contributed by atoms with E-state index in [0.717, 1.165) is 4.68 Å². The number of amides is 1. The zero-order valence-electron chi connectivity index (χ0n) is 18.2. The van der Waals surface area contributed by atoms with Crippen molar-refractivity contribution in [2.24, 2.45) is 12.0 Å². The van der Waals surface area contributed by atoms with Crippen LogP contribution >= 0.6 is 23.4 Å². The molecule has 3 aromatic heterocycles. The van der Waals surface area contributed by atoms with Gasteiger partial charge in [0, 0.05) is 17.5 Å². The van der Waals surface area contributed by atoms with Gasteiger partial charge in [0.1, 0.15) is 17.0 Å². The summed E-state index contributed by atoms with van der Waals surface area (Å²) in [5, 5.41) is 14.4. The molecule has 0 aliphatic heterocycles. The molecule has 0 saturated heterocycles. The number of pyridine rings is 1. The lowest BCUT2D eigenvalue weighted by molar-refractivity contribution is -0.137. The van der Waals surface area contributed by atoms with E-state index in [1.54, 1.807) is 18.4 Å². The highest BCUT2D eigenvalue weighted by molar-refractivity contribution is 7.98. The molecule has 0 unspecified atom stereocenters. The molecule has 0 fully saturated rings. The smallest absolute Gasteiger partial charge is 0.319 e. The van der Waals surface area contributed by atoms with Crippen LogP contribution in [0.2, 0.25) is 5.02 Å². The summed E-state index contributed by atoms with van der Waals surface area (Å²) < 4.78 is 43.7. The molecule has 0 atom stereocenters. The molecule has 1 N–H and O–H groups in total. The van der Waals surface area contributed by atoms with Gasteiger partial charge in [-0.3, -0.25) is 14.5 Å². The van der Waals surface area contributed by atoms with Crippen LogP contribution in [0.15, 0.2) is 52.7 Å². The first-order chi connectivity index (χ1) is 16.7. The van der Waals surface area contributed by atoms with E-state index in [9.17, 15) is 18.0 Å². The molecule has 3 heterocycles. The predicted octanol–water partition coefficient (Wildman–Crippen LogP) is 5.04. The van der Waals surface area contributed by atoms with Crippen molar-refractivity contribution in [2.75, 3.05) is 11.6 Å². The van der Waals surface area contributed by atoms with Crippen LogP contribution in [-0.2, 0) is 13.2 Å². The first kappa shape index (κ1) is 24.4. The largest absolute Gasteiger partial charge is 0.420 e. The number of carbonyl (C=O) groups excluding carboxylic acids is 1. The molecular formula is C21H16ClF3N8OS. The quantitative estimate of drug-likeness (QED) is 0.282. The molecule has 9 nitrogen and oxygen atoms in total. The number of nitrogens with one attached hydrogen (secondary N) is 1. The van der Waals surface area contributed by atoms with Crippen molar-refractivity contribution >= 4 is 47.4 Å². The Bertz CT molecular complexity index is 1420. The maximum Gasteiger partial charge on any atom is 0.420 e. The van der Waals surface area contributed by atoms with Crippen molar-refractivity contribution in [1.29, 1.82) is 0 Å². The van der Waals surface area contributed by atoms with Gasteiger partial charge in [0.2, 0.25) is 0 Å². The van der Waals surface area contributed by atoms with Crippen LogP contribution in [0.4, 0.5) is 24.5 Å². The van der Waals surface area contributed by atoms with Crippen LogP contribution in [-0.4, -0.2) is 48.6 Å². The maximum atomic E-state index is 14.3. The summed E-state index contributed by atoms with van der Waals surface area (Å²) in [7, 11) is 1.26. The molecule has 14 heteroatoms. The highest BCUT2D eigenvalue weighted by Crippen LogP contribution is 2.44. The number of hydrogen-bond acceptors (Lipinski definition) is 7. The number of carbonyl (C=O) groups is 1. The van der Waals surface area contributed by atoms with E-state index in [1.807, 2.05) is 0 Å². The fraction of sp³-hybridized carbons (Fsp3) is 0.143. The summed E-state index contributed by atoms with van der Waals surface area (Å²) in [5.41, 5.74) is -1.57. The lowest BCUT2D eigenvalue weighted by Gasteiger charge is -2.13. The molecule has 4 aromatic rings. The van der Waals surface area contributed by atoms with Crippen molar-refractivity contribution in [3.05, 3.63) is 59.1 Å². The van der Waals surface area contributed by atoms with Gasteiger partial charge in [-0.2, -0.15) is 28.5 Å². The van der Waals surface area contributed by atoms with Crippen LogP contribution in [0.3, 0.4) is 0 Å². The molecule has 0 spiro atoms. The summed E-state index contributed by atoms with van der Waals surface area (Å²) in [6.07, 6.45) is 0.912. The fourth-order valence-electron chi connectivity index (χ4n) is 3.45. The summed E-state index contributed by atoms with van der Waals surface area (Å²) in [4.78, 5) is 22.6. The molecule has 0 radical (unpaired) electrons. The molecule has 0 aliphatic carbocycles. The Balaban J connectivity index is 1.77. The van der Waals surface area contributed by atoms with E-state index < -0.39 is 29.0 Å². The average Bonchev–Trinajstić information content (AvgIpc) is 3.46. The maximum absolute atomic E-state index is 14.3. The number of aromatic nitrogens is 6. The van der Waals surface area contributed by atoms with Crippen molar-refractivity contribution in [3.63, 3.8) is 0 Å². The summed E-state index contributed by atoms with van der Waals surface area (Å²) in [6, 6.07) is 6.01. The molecule has 0 bridgehead atoms. The third-order valence-corrected chi connectivity index (χ3v) is 5.97. The fourth-order valence-corrected chi connectivity index (χ4v) is 4.42. The Labute approximate surface area is 206 Å². The van der Waals surface area contributed by atoms with E-state index in [0.29, 0.717) is 10.6 Å². The van der Waals surface area contributed by atoms with Crippen LogP contribution in [0.1, 0.15) is 16.1 Å². The number of anilines is 1. The van der Waals surface area contributed by atoms with E-state index in [1.165, 1.54) is 54.3 Å². The highest BCUT2D eigenvalue weighted by Gasteiger charge is 2.42. The van der Waals surface area contributed by atoms with Crippen LogP contribution in [0.25, 0.3) is 17.1 Å². The zero-order chi connectivity index (χ0) is 25.3. The Morgan fingerprint density at radius 1 is 1.26 bits per heavy atom. The summed E-state index contributed by atoms with van der Waals surface area (Å²) in [6.45, 7) is 3.47. The first-order valence-electron chi connectivity index (χ1n) is 9.77. The number of aliphatic imine (C=N–C) groups is 1. The molecule has 1 amide bonds. The van der Waals surface area contributed by atoms with Gasteiger partial charge in [0.15, 0.2) is 5.82 Å². The molecule has 180 valence electrons. The zero-order valence-corrected chi connectivity index (χ0v) is 19.8. The second-order valence-electron chi connectivity index (χ2n) is 7.01. The summed E-state index contributed by atoms with van der Waals surface area (Å²) in [5.74, 6) is -0.848. The lowest BCUT2D eigenvalue weighted by Crippen LogP contribution is -2.21. The minimum absolute atomic E-state index is 0.0782. The molecule has 4 rings (SSSR count). The second-order valence-corrected chi connectivity index (χ2v) is 8.24. The molecule has 0 aliphatic rings. The third kappa shape index (κ3) is 4.64. The van der Waals surface area contributed by atoms with Crippen molar-refractivity contribution in [2.45, 2.75) is 11.1 Å². The topological polar surface area (TPSA) is 103 Å². The van der Waals surface area contributed by atoms with Gasteiger partial charge in [-0.1, -0.05) is 23.7 Å². The lowest BCUT2D eigenvalue weighted by atomic mass is 10.0. The Hall–Kier alpha value is -3.71. The molecule has 1 aromatic carbocycles. The van der Waals surface area contributed by atoms with Gasteiger partial charge in [-0.25, -0.2) is 4.98 Å². The minimum Gasteiger partial charge on any atom is -0.319 e. The van der Waals surface area contributed by atoms with Gasteiger partial charge in [0.25, 0.3) is 5.91 Å². The van der Waals surface area contributed by atoms with Gasteiger partial charge >= 0.3 is 6.18 Å². The number of alkyl halides is 3. The van der Waals surface area contributed by atoms with Crippen molar-refractivity contribution in [1.82, 2.24) is 29.8 Å². The van der Waals surface area contributed by atoms with E-state index in [2.05, 4.69) is 37.3 Å². The van der Waals surface area contributed by atoms with Gasteiger partial charge in [-0.15, -0.1) is 16.6 Å². The normalized spacial score (nSPS) is 11.5. The number of nitrogens with zero attached hydrogens (tertiary/aromatic N) is 7. The Kier molecular flexibility index (Phi) is 6.63. The van der Waals surface area contributed by atoms with Gasteiger partial charge in [0.05, 0.1) is 35.0 Å². The average molecular weight is 521 g/mol. The van der Waals surface area contributed by atoms with E-state index >= 15 is 0 Å². The SMILES string of the molecule is C=Nc1cccc(-c2nn(C)c(C(=O)Nc3cnc(-n4nccn4)c(Cl)c3)c2C(F)(F)F)c1SC. The predicted molar refractivity (Wildman–Crippen MR) is 127 cm³/mol. The third-order valence-electron chi connectivity index (χ3n) is 4.86. The Morgan fingerprint density at radius 2 is 1.97 bits per heavy atom. The highest BCUT2D eigenvalue weighted by atomic mass is 35.5. The summed E-state index contributed by atoms with van der Waals surface area (Å²) >= 11 is 7.41. The van der Waals surface area contributed by atoms with Crippen molar-refractivity contribution in [3.8, 4) is 17.1 Å². The minimum atomic E-state index is -4.88. The number of rotatable bonds is 6. The number of thioether (sulfide) groups is 1. The van der Waals surface area contributed by atoms with Gasteiger partial charge in [-0.05, 0) is 25.1 Å². The van der Waals surface area contributed by atoms with Crippen LogP contribution < -0.4 is 5.32 Å². The van der Waals surface area contributed by atoms with Crippen LogP contribution in [0.5, 0.6) is 0 Å². The molecule has 0 saturated carbocycles. The van der Waals surface area contributed by atoms with E-state index in [4.69, 9.17) is 11.6 Å². The number of hydrogen-bond donors (Lipinski definition) is 1. The van der Waals surface area contributed by atoms with E-state index in [-0.39, 0.29) is 22.1 Å². The first-order valence-corrected chi connectivity index (χ1v) is 11.4. The van der Waals surface area contributed by atoms with Gasteiger partial charge < -0.3 is 5.32 Å². The number of halogens is 4. The Morgan fingerprint density at radius 3 is 2.57 bits per heavy atom. The standard InChI is InChI=1S/C21H16ClF3N8OS/c1-26-14-6-4-5-12(18(14)35-3)16-15(21(23,24)25)17(32(2)31-16)20(34)30-11-9-13(22)19(27-10-11)33-28-7-8-29-33/h4-10H,1H2,2-3H3,(H,30,34). The number of benzene rings is 1. The number of aryl methyl sites for hydroxylation is 1. The van der Waals surface area contributed by atoms with Crippen molar-refractivity contribution < 1.29 is 18.0 Å². The second kappa shape index (κ2) is 9.50. The molecular weight excluding hydrogens is 505 g/mol.